The number of hydrogen-bond acceptors (Lipinski definition) is 5. The summed E-state index contributed by atoms with van der Waals surface area (Å²) in [6.07, 6.45) is 4.03. The molecule has 1 amide bonds. The van der Waals surface area contributed by atoms with Gasteiger partial charge in [-0.15, -0.1) is 10.2 Å². The number of nitrogens with one attached hydrogen (secondary N) is 2. The van der Waals surface area contributed by atoms with Crippen molar-refractivity contribution < 1.29 is 9.21 Å². The number of amides is 1. The number of benzene rings is 1. The number of hydrogen-bond donors (Lipinski definition) is 2. The number of rotatable bonds is 4. The summed E-state index contributed by atoms with van der Waals surface area (Å²) in [5, 5.41) is 13.7. The lowest BCUT2D eigenvalue weighted by atomic mass is 10.1. The van der Waals surface area contributed by atoms with E-state index in [9.17, 15) is 4.79 Å². The molecule has 1 aromatic carbocycles. The second-order valence-corrected chi connectivity index (χ2v) is 4.87. The lowest BCUT2D eigenvalue weighted by molar-refractivity contribution is -0.116. The van der Waals surface area contributed by atoms with E-state index >= 15 is 0 Å². The minimum atomic E-state index is 0.0370. The predicted octanol–water partition coefficient (Wildman–Crippen LogP) is 1.82. The maximum Gasteiger partial charge on any atom is 0.247 e. The molecule has 0 bridgehead atoms. The minimum absolute atomic E-state index is 0.0370. The maximum atomic E-state index is 11.9. The molecule has 1 fully saturated rings. The van der Waals surface area contributed by atoms with Crippen LogP contribution in [-0.2, 0) is 4.79 Å². The van der Waals surface area contributed by atoms with Crippen LogP contribution < -0.4 is 10.6 Å². The summed E-state index contributed by atoms with van der Waals surface area (Å²) >= 11 is 0. The van der Waals surface area contributed by atoms with E-state index in [0.29, 0.717) is 18.4 Å². The molecule has 6 nitrogen and oxygen atoms in total. The molecule has 1 atom stereocenters. The summed E-state index contributed by atoms with van der Waals surface area (Å²) in [5.74, 6) is 0.507. The molecular formula is C14H16N4O2. The van der Waals surface area contributed by atoms with Crippen molar-refractivity contribution in [3.63, 3.8) is 0 Å². The Balaban J connectivity index is 1.59. The quantitative estimate of drug-likeness (QED) is 0.887. The topological polar surface area (TPSA) is 80.0 Å². The minimum Gasteiger partial charge on any atom is -0.423 e. The Labute approximate surface area is 116 Å². The molecule has 20 heavy (non-hydrogen) atoms. The number of carbonyl (C=O) groups excluding carboxylic acids is 1. The highest BCUT2D eigenvalue weighted by Crippen LogP contribution is 2.19. The molecule has 1 aromatic heterocycles. The first-order valence-corrected chi connectivity index (χ1v) is 6.71. The van der Waals surface area contributed by atoms with Gasteiger partial charge in [-0.3, -0.25) is 4.79 Å². The molecule has 6 heteroatoms. The van der Waals surface area contributed by atoms with Crippen LogP contribution in [0.2, 0.25) is 0 Å². The molecule has 2 N–H and O–H groups in total. The van der Waals surface area contributed by atoms with Crippen molar-refractivity contribution >= 4 is 11.6 Å². The molecule has 0 spiro atoms. The summed E-state index contributed by atoms with van der Waals surface area (Å²) < 4.78 is 5.11. The third-order valence-electron chi connectivity index (χ3n) is 3.37. The largest absolute Gasteiger partial charge is 0.423 e. The molecule has 2 heterocycles. The third kappa shape index (κ3) is 3.03. The molecule has 0 aliphatic carbocycles. The molecule has 0 saturated carbocycles. The summed E-state index contributed by atoms with van der Waals surface area (Å²) in [6, 6.07) is 7.67. The lowest BCUT2D eigenvalue weighted by Crippen LogP contribution is -2.27. The first-order chi connectivity index (χ1) is 9.81. The molecule has 1 aliphatic rings. The van der Waals surface area contributed by atoms with Crippen LogP contribution >= 0.6 is 0 Å². The Morgan fingerprint density at radius 1 is 1.40 bits per heavy atom. The van der Waals surface area contributed by atoms with Crippen LogP contribution in [0.4, 0.5) is 5.69 Å². The van der Waals surface area contributed by atoms with Crippen LogP contribution in [0.25, 0.3) is 11.5 Å². The van der Waals surface area contributed by atoms with Gasteiger partial charge in [-0.2, -0.15) is 0 Å². The smallest absolute Gasteiger partial charge is 0.247 e. The second kappa shape index (κ2) is 5.83. The van der Waals surface area contributed by atoms with E-state index in [1.54, 1.807) is 0 Å². The van der Waals surface area contributed by atoms with E-state index in [1.807, 2.05) is 24.3 Å². The van der Waals surface area contributed by atoms with Crippen molar-refractivity contribution in [3.8, 4) is 11.5 Å². The standard InChI is InChI=1S/C14H16N4O2/c19-13(8-12-2-1-7-15-12)17-11-5-3-10(4-6-11)14-18-16-9-20-14/h3-6,9,12,15H,1-2,7-8H2,(H,17,19). The van der Waals surface area contributed by atoms with Crippen molar-refractivity contribution in [1.82, 2.24) is 15.5 Å². The van der Waals surface area contributed by atoms with E-state index in [2.05, 4.69) is 20.8 Å². The molecule has 104 valence electrons. The van der Waals surface area contributed by atoms with Gasteiger partial charge in [0.15, 0.2) is 0 Å². The average Bonchev–Trinajstić information content (AvgIpc) is 3.12. The van der Waals surface area contributed by atoms with Gasteiger partial charge in [0.1, 0.15) is 0 Å². The van der Waals surface area contributed by atoms with Gasteiger partial charge in [-0.05, 0) is 43.7 Å². The van der Waals surface area contributed by atoms with Crippen molar-refractivity contribution in [2.45, 2.75) is 25.3 Å². The number of nitrogens with zero attached hydrogens (tertiary/aromatic N) is 2. The first kappa shape index (κ1) is 12.8. The van der Waals surface area contributed by atoms with Crippen LogP contribution in [0.15, 0.2) is 35.1 Å². The Morgan fingerprint density at radius 3 is 2.90 bits per heavy atom. The van der Waals surface area contributed by atoms with Gasteiger partial charge >= 0.3 is 0 Å². The van der Waals surface area contributed by atoms with Gasteiger partial charge in [-0.25, -0.2) is 0 Å². The van der Waals surface area contributed by atoms with Crippen molar-refractivity contribution in [1.29, 1.82) is 0 Å². The highest BCUT2D eigenvalue weighted by molar-refractivity contribution is 5.91. The molecule has 2 aromatic rings. The SMILES string of the molecule is O=C(CC1CCCN1)Nc1ccc(-c2nnco2)cc1. The summed E-state index contributed by atoms with van der Waals surface area (Å²) in [7, 11) is 0. The Bertz CT molecular complexity index is 559. The van der Waals surface area contributed by atoms with Crippen LogP contribution in [0.3, 0.4) is 0 Å². The highest BCUT2D eigenvalue weighted by atomic mass is 16.4. The zero-order valence-corrected chi connectivity index (χ0v) is 11.0. The number of anilines is 1. The van der Waals surface area contributed by atoms with E-state index in [-0.39, 0.29) is 5.91 Å². The number of carbonyl (C=O) groups is 1. The van der Waals surface area contributed by atoms with Crippen LogP contribution in [-0.4, -0.2) is 28.7 Å². The fourth-order valence-corrected chi connectivity index (χ4v) is 2.36. The Kier molecular flexibility index (Phi) is 3.73. The Morgan fingerprint density at radius 2 is 2.25 bits per heavy atom. The normalized spacial score (nSPS) is 18.1. The Hall–Kier alpha value is -2.21. The molecule has 3 rings (SSSR count). The van der Waals surface area contributed by atoms with Gasteiger partial charge in [0, 0.05) is 23.7 Å². The zero-order valence-electron chi connectivity index (χ0n) is 11.0. The van der Waals surface area contributed by atoms with E-state index in [4.69, 9.17) is 4.42 Å². The van der Waals surface area contributed by atoms with Gasteiger partial charge < -0.3 is 15.1 Å². The molecule has 0 radical (unpaired) electrons. The fraction of sp³-hybridized carbons (Fsp3) is 0.357. The van der Waals surface area contributed by atoms with Crippen LogP contribution in [0, 0.1) is 0 Å². The van der Waals surface area contributed by atoms with E-state index < -0.39 is 0 Å². The van der Waals surface area contributed by atoms with Crippen molar-refractivity contribution in [3.05, 3.63) is 30.7 Å². The van der Waals surface area contributed by atoms with Crippen molar-refractivity contribution in [2.24, 2.45) is 0 Å². The third-order valence-corrected chi connectivity index (χ3v) is 3.37. The molecule has 1 aliphatic heterocycles. The first-order valence-electron chi connectivity index (χ1n) is 6.71. The van der Waals surface area contributed by atoms with Crippen LogP contribution in [0.5, 0.6) is 0 Å². The van der Waals surface area contributed by atoms with Gasteiger partial charge in [0.05, 0.1) is 0 Å². The predicted molar refractivity (Wildman–Crippen MR) is 74.0 cm³/mol. The summed E-state index contributed by atoms with van der Waals surface area (Å²) in [6.45, 7) is 1.01. The molecule has 1 unspecified atom stereocenters. The maximum absolute atomic E-state index is 11.9. The highest BCUT2D eigenvalue weighted by Gasteiger charge is 2.17. The van der Waals surface area contributed by atoms with E-state index in [1.165, 1.54) is 6.39 Å². The average molecular weight is 272 g/mol. The summed E-state index contributed by atoms with van der Waals surface area (Å²) in [4.78, 5) is 11.9. The fourth-order valence-electron chi connectivity index (χ4n) is 2.36. The van der Waals surface area contributed by atoms with Gasteiger partial charge in [0.25, 0.3) is 0 Å². The molecule has 1 saturated heterocycles. The van der Waals surface area contributed by atoms with Crippen molar-refractivity contribution in [2.75, 3.05) is 11.9 Å². The monoisotopic (exact) mass is 272 g/mol. The second-order valence-electron chi connectivity index (χ2n) is 4.87. The van der Waals surface area contributed by atoms with E-state index in [0.717, 1.165) is 30.6 Å². The van der Waals surface area contributed by atoms with Gasteiger partial charge in [0.2, 0.25) is 18.2 Å². The zero-order chi connectivity index (χ0) is 13.8. The molecular weight excluding hydrogens is 256 g/mol. The van der Waals surface area contributed by atoms with Crippen LogP contribution in [0.1, 0.15) is 19.3 Å². The summed E-state index contributed by atoms with van der Waals surface area (Å²) in [5.41, 5.74) is 1.61. The number of aromatic nitrogens is 2. The lowest BCUT2D eigenvalue weighted by Gasteiger charge is -2.10. The van der Waals surface area contributed by atoms with Gasteiger partial charge in [-0.1, -0.05) is 0 Å².